The highest BCUT2D eigenvalue weighted by molar-refractivity contribution is 5.80. The smallest absolute Gasteiger partial charge is 0.248 e. The Morgan fingerprint density at radius 1 is 1.38 bits per heavy atom. The molecule has 0 radical (unpaired) electrons. The topological polar surface area (TPSA) is 73.6 Å². The molecule has 0 aromatic heterocycles. The Hall–Kier alpha value is -0.650. The van der Waals surface area contributed by atoms with Gasteiger partial charge in [-0.1, -0.05) is 6.92 Å². The number of nitrogens with two attached hydrogens (primary N) is 1. The molecule has 0 saturated heterocycles. The second-order valence-electron chi connectivity index (χ2n) is 3.80. The van der Waals surface area contributed by atoms with Crippen LogP contribution in [0.15, 0.2) is 0 Å². The number of hydrogen-bond donors (Lipinski definition) is 2. The van der Waals surface area contributed by atoms with E-state index in [1.165, 1.54) is 0 Å². The first kappa shape index (κ1) is 15.3. The number of rotatable bonds is 9. The van der Waals surface area contributed by atoms with Crippen LogP contribution in [0.1, 0.15) is 20.8 Å². The third kappa shape index (κ3) is 7.62. The minimum Gasteiger partial charge on any atom is -0.379 e. The molecule has 96 valence electrons. The Labute approximate surface area is 97.7 Å². The Morgan fingerprint density at radius 3 is 2.62 bits per heavy atom. The highest BCUT2D eigenvalue weighted by Crippen LogP contribution is 1.93. The molecule has 2 unspecified atom stereocenters. The second-order valence-corrected chi connectivity index (χ2v) is 3.80. The molecule has 0 aliphatic rings. The normalized spacial score (nSPS) is 14.5. The van der Waals surface area contributed by atoms with Gasteiger partial charge in [-0.25, -0.2) is 0 Å². The maximum absolute atomic E-state index is 11.5. The van der Waals surface area contributed by atoms with Crippen LogP contribution in [0.3, 0.4) is 0 Å². The first-order chi connectivity index (χ1) is 7.61. The predicted molar refractivity (Wildman–Crippen MR) is 63.1 cm³/mol. The van der Waals surface area contributed by atoms with E-state index >= 15 is 0 Å². The average molecular weight is 232 g/mol. The summed E-state index contributed by atoms with van der Waals surface area (Å²) in [4.78, 5) is 11.5. The maximum atomic E-state index is 11.5. The van der Waals surface area contributed by atoms with Gasteiger partial charge in [0, 0.05) is 13.2 Å². The van der Waals surface area contributed by atoms with Crippen molar-refractivity contribution in [1.82, 2.24) is 5.32 Å². The standard InChI is InChI=1S/C11H24N2O3/c1-4-15-5-6-16-10(3)11(14)13-8-9(2)7-12/h9-10H,4-8,12H2,1-3H3,(H,13,14). The lowest BCUT2D eigenvalue weighted by Crippen LogP contribution is -2.38. The fourth-order valence-electron chi connectivity index (χ4n) is 1.01. The third-order valence-corrected chi connectivity index (χ3v) is 2.20. The van der Waals surface area contributed by atoms with E-state index in [1.54, 1.807) is 6.92 Å². The molecule has 0 aliphatic heterocycles. The zero-order valence-corrected chi connectivity index (χ0v) is 10.5. The monoisotopic (exact) mass is 232 g/mol. The Bertz CT molecular complexity index is 188. The van der Waals surface area contributed by atoms with Crippen molar-refractivity contribution < 1.29 is 14.3 Å². The lowest BCUT2D eigenvalue weighted by molar-refractivity contribution is -0.132. The van der Waals surface area contributed by atoms with Crippen LogP contribution in [0.4, 0.5) is 0 Å². The second kappa shape index (κ2) is 9.57. The van der Waals surface area contributed by atoms with Crippen molar-refractivity contribution >= 4 is 5.91 Å². The molecule has 0 rings (SSSR count). The van der Waals surface area contributed by atoms with Crippen molar-refractivity contribution in [2.75, 3.05) is 32.9 Å². The largest absolute Gasteiger partial charge is 0.379 e. The number of carbonyl (C=O) groups is 1. The summed E-state index contributed by atoms with van der Waals surface area (Å²) in [6, 6.07) is 0. The minimum atomic E-state index is -0.439. The van der Waals surface area contributed by atoms with Gasteiger partial charge in [-0.05, 0) is 26.3 Å². The van der Waals surface area contributed by atoms with Crippen molar-refractivity contribution in [3.8, 4) is 0 Å². The zero-order valence-electron chi connectivity index (χ0n) is 10.5. The quantitative estimate of drug-likeness (QED) is 0.555. The Balaban J connectivity index is 3.57. The van der Waals surface area contributed by atoms with Crippen LogP contribution >= 0.6 is 0 Å². The van der Waals surface area contributed by atoms with Crippen molar-refractivity contribution in [2.24, 2.45) is 11.7 Å². The zero-order chi connectivity index (χ0) is 12.4. The molecule has 5 nitrogen and oxygen atoms in total. The van der Waals surface area contributed by atoms with Crippen LogP contribution < -0.4 is 11.1 Å². The number of carbonyl (C=O) groups excluding carboxylic acids is 1. The van der Waals surface area contributed by atoms with E-state index in [2.05, 4.69) is 5.32 Å². The number of hydrogen-bond acceptors (Lipinski definition) is 4. The van der Waals surface area contributed by atoms with Crippen molar-refractivity contribution in [3.05, 3.63) is 0 Å². The molecule has 0 aliphatic carbocycles. The van der Waals surface area contributed by atoms with Gasteiger partial charge in [0.05, 0.1) is 13.2 Å². The average Bonchev–Trinajstić information content (AvgIpc) is 2.30. The van der Waals surface area contributed by atoms with Gasteiger partial charge in [-0.15, -0.1) is 0 Å². The van der Waals surface area contributed by atoms with Crippen LogP contribution in [0.5, 0.6) is 0 Å². The lowest BCUT2D eigenvalue weighted by atomic mass is 10.2. The van der Waals surface area contributed by atoms with Gasteiger partial charge >= 0.3 is 0 Å². The predicted octanol–water partition coefficient (Wildman–Crippen LogP) is 0.139. The van der Waals surface area contributed by atoms with Gasteiger partial charge < -0.3 is 20.5 Å². The van der Waals surface area contributed by atoms with E-state index in [0.717, 1.165) is 0 Å². The van der Waals surface area contributed by atoms with Gasteiger partial charge in [0.1, 0.15) is 6.10 Å². The number of nitrogens with one attached hydrogen (secondary N) is 1. The van der Waals surface area contributed by atoms with E-state index in [9.17, 15) is 4.79 Å². The molecule has 1 amide bonds. The van der Waals surface area contributed by atoms with Crippen LogP contribution in [-0.4, -0.2) is 44.9 Å². The third-order valence-electron chi connectivity index (χ3n) is 2.20. The lowest BCUT2D eigenvalue weighted by Gasteiger charge is -2.15. The molecule has 0 bridgehead atoms. The van der Waals surface area contributed by atoms with Crippen molar-refractivity contribution in [3.63, 3.8) is 0 Å². The first-order valence-electron chi connectivity index (χ1n) is 5.78. The maximum Gasteiger partial charge on any atom is 0.248 e. The van der Waals surface area contributed by atoms with E-state index in [0.29, 0.717) is 38.8 Å². The Morgan fingerprint density at radius 2 is 2.06 bits per heavy atom. The van der Waals surface area contributed by atoms with Gasteiger partial charge in [0.2, 0.25) is 5.91 Å². The van der Waals surface area contributed by atoms with Crippen LogP contribution in [0, 0.1) is 5.92 Å². The molecule has 3 N–H and O–H groups in total. The van der Waals surface area contributed by atoms with E-state index in [1.807, 2.05) is 13.8 Å². The first-order valence-corrected chi connectivity index (χ1v) is 5.78. The van der Waals surface area contributed by atoms with Crippen molar-refractivity contribution in [2.45, 2.75) is 26.9 Å². The van der Waals surface area contributed by atoms with Crippen LogP contribution in [0.2, 0.25) is 0 Å². The Kier molecular flexibility index (Phi) is 9.18. The van der Waals surface area contributed by atoms with Gasteiger partial charge in [0.15, 0.2) is 0 Å². The molecule has 0 aromatic rings. The number of amides is 1. The molecule has 0 saturated carbocycles. The molecule has 0 spiro atoms. The van der Waals surface area contributed by atoms with E-state index < -0.39 is 6.10 Å². The summed E-state index contributed by atoms with van der Waals surface area (Å²) in [7, 11) is 0. The van der Waals surface area contributed by atoms with Crippen LogP contribution in [-0.2, 0) is 14.3 Å². The fraction of sp³-hybridized carbons (Fsp3) is 0.909. The fourth-order valence-corrected chi connectivity index (χ4v) is 1.01. The van der Waals surface area contributed by atoms with Gasteiger partial charge in [-0.2, -0.15) is 0 Å². The summed E-state index contributed by atoms with van der Waals surface area (Å²) in [5.41, 5.74) is 5.45. The molecule has 5 heteroatoms. The highest BCUT2D eigenvalue weighted by Gasteiger charge is 2.13. The van der Waals surface area contributed by atoms with Crippen molar-refractivity contribution in [1.29, 1.82) is 0 Å². The van der Waals surface area contributed by atoms with E-state index in [4.69, 9.17) is 15.2 Å². The molecular weight excluding hydrogens is 208 g/mol. The molecule has 0 fully saturated rings. The molecule has 0 heterocycles. The summed E-state index contributed by atoms with van der Waals surface area (Å²) in [5.74, 6) is 0.191. The number of ether oxygens (including phenoxy) is 2. The minimum absolute atomic E-state index is 0.100. The summed E-state index contributed by atoms with van der Waals surface area (Å²) in [6.07, 6.45) is -0.439. The summed E-state index contributed by atoms with van der Waals surface area (Å²) >= 11 is 0. The summed E-state index contributed by atoms with van der Waals surface area (Å²) < 4.78 is 10.4. The summed E-state index contributed by atoms with van der Waals surface area (Å²) in [5, 5.41) is 2.79. The summed E-state index contributed by atoms with van der Waals surface area (Å²) in [6.45, 7) is 8.42. The highest BCUT2D eigenvalue weighted by atomic mass is 16.5. The molecule has 2 atom stereocenters. The van der Waals surface area contributed by atoms with Gasteiger partial charge in [0.25, 0.3) is 0 Å². The molecular formula is C11H24N2O3. The SMILES string of the molecule is CCOCCOC(C)C(=O)NCC(C)CN. The van der Waals surface area contributed by atoms with E-state index in [-0.39, 0.29) is 5.91 Å². The molecule has 0 aromatic carbocycles. The van der Waals surface area contributed by atoms with Crippen LogP contribution in [0.25, 0.3) is 0 Å². The molecule has 16 heavy (non-hydrogen) atoms. The van der Waals surface area contributed by atoms with Gasteiger partial charge in [-0.3, -0.25) is 4.79 Å².